The number of guanidine groups is 1. The van der Waals surface area contributed by atoms with Gasteiger partial charge in [0.05, 0.1) is 6.61 Å². The molecule has 0 unspecified atom stereocenters. The van der Waals surface area contributed by atoms with Crippen molar-refractivity contribution in [3.8, 4) is 5.75 Å². The molecule has 0 aliphatic carbocycles. The molecule has 0 aromatic heterocycles. The van der Waals surface area contributed by atoms with E-state index < -0.39 is 0 Å². The number of amides is 1. The summed E-state index contributed by atoms with van der Waals surface area (Å²) in [4.78, 5) is 16.0. The van der Waals surface area contributed by atoms with E-state index in [9.17, 15) is 4.79 Å². The number of carbonyl (C=O) groups excluding carboxylic acids is 1. The average Bonchev–Trinajstić information content (AvgIpc) is 2.76. The van der Waals surface area contributed by atoms with E-state index in [1.54, 1.807) is 14.2 Å². The molecule has 176 valence electrons. The summed E-state index contributed by atoms with van der Waals surface area (Å²) in [6, 6.07) is 14.0. The summed E-state index contributed by atoms with van der Waals surface area (Å²) >= 11 is 0. The molecule has 0 fully saturated rings. The van der Waals surface area contributed by atoms with Gasteiger partial charge in [0.15, 0.2) is 5.96 Å². The Morgan fingerprint density at radius 2 is 1.75 bits per heavy atom. The van der Waals surface area contributed by atoms with Crippen LogP contribution in [-0.4, -0.2) is 39.2 Å². The Morgan fingerprint density at radius 1 is 1.03 bits per heavy atom. The molecule has 7 nitrogen and oxygen atoms in total. The summed E-state index contributed by atoms with van der Waals surface area (Å²) in [6.07, 6.45) is 1.37. The number of nitrogens with zero attached hydrogens (tertiary/aromatic N) is 1. The molecule has 0 radical (unpaired) electrons. The fourth-order valence-corrected chi connectivity index (χ4v) is 2.92. The summed E-state index contributed by atoms with van der Waals surface area (Å²) in [5, 5.41) is 9.54. The first-order valence-electron chi connectivity index (χ1n) is 10.6. The Balaban J connectivity index is 0.00000512. The van der Waals surface area contributed by atoms with Gasteiger partial charge in [-0.05, 0) is 42.7 Å². The number of methoxy groups -OCH3 is 1. The topological polar surface area (TPSA) is 84.0 Å². The molecule has 1 amide bonds. The Morgan fingerprint density at radius 3 is 2.41 bits per heavy atom. The van der Waals surface area contributed by atoms with Crippen molar-refractivity contribution in [2.24, 2.45) is 4.99 Å². The fraction of sp³-hybridized carbons (Fsp3) is 0.417. The third-order valence-electron chi connectivity index (χ3n) is 4.61. The molecule has 0 spiro atoms. The molecule has 8 heteroatoms. The average molecular weight is 554 g/mol. The van der Waals surface area contributed by atoms with Gasteiger partial charge in [-0.25, -0.2) is 0 Å². The molecule has 2 rings (SSSR count). The smallest absolute Gasteiger partial charge is 0.224 e. The minimum Gasteiger partial charge on any atom is -0.491 e. The van der Waals surface area contributed by atoms with Crippen molar-refractivity contribution in [3.63, 3.8) is 0 Å². The molecular formula is C24H35IN4O3. The molecule has 2 aromatic rings. The van der Waals surface area contributed by atoms with E-state index in [0.29, 0.717) is 38.7 Å². The number of aryl methyl sites for hydroxylation is 1. The number of hydrogen-bond acceptors (Lipinski definition) is 4. The minimum atomic E-state index is 0. The molecule has 0 heterocycles. The Labute approximate surface area is 208 Å². The Kier molecular flexibility index (Phi) is 13.4. The number of benzene rings is 2. The normalized spacial score (nSPS) is 10.8. The van der Waals surface area contributed by atoms with E-state index in [-0.39, 0.29) is 29.9 Å². The van der Waals surface area contributed by atoms with Gasteiger partial charge >= 0.3 is 0 Å². The molecule has 0 saturated carbocycles. The highest BCUT2D eigenvalue weighted by Crippen LogP contribution is 2.20. The minimum absolute atomic E-state index is 0. The van der Waals surface area contributed by atoms with Crippen molar-refractivity contribution in [3.05, 3.63) is 59.2 Å². The molecule has 0 aliphatic heterocycles. The molecule has 3 N–H and O–H groups in total. The number of halogens is 1. The van der Waals surface area contributed by atoms with Gasteiger partial charge in [0.2, 0.25) is 5.91 Å². The standard InChI is InChI=1S/C24H34N4O3.HI/c1-5-6-23(29)28-21-11-8-19(9-12-21)16-26-24(25-3)27-17-20-10-7-18(2)15-22(20)31-14-13-30-4;/h7-12,15H,5-6,13-14,16-17H2,1-4H3,(H,28,29)(H2,25,26,27);1H. The second kappa shape index (κ2) is 15.5. The highest BCUT2D eigenvalue weighted by atomic mass is 127. The van der Waals surface area contributed by atoms with Crippen molar-refractivity contribution in [2.45, 2.75) is 39.8 Å². The van der Waals surface area contributed by atoms with Crippen molar-refractivity contribution >= 4 is 41.5 Å². The van der Waals surface area contributed by atoms with Crippen LogP contribution in [-0.2, 0) is 22.6 Å². The molecule has 32 heavy (non-hydrogen) atoms. The second-order valence-corrected chi connectivity index (χ2v) is 7.23. The van der Waals surface area contributed by atoms with Crippen LogP contribution in [0.5, 0.6) is 5.75 Å². The van der Waals surface area contributed by atoms with E-state index in [2.05, 4.69) is 33.1 Å². The zero-order chi connectivity index (χ0) is 22.5. The summed E-state index contributed by atoms with van der Waals surface area (Å²) in [6.45, 7) is 6.29. The zero-order valence-electron chi connectivity index (χ0n) is 19.4. The molecule has 0 atom stereocenters. The van der Waals surface area contributed by atoms with Crippen LogP contribution in [0.2, 0.25) is 0 Å². The summed E-state index contributed by atoms with van der Waals surface area (Å²) in [5.41, 5.74) is 4.10. The van der Waals surface area contributed by atoms with Crippen LogP contribution in [0.4, 0.5) is 5.69 Å². The van der Waals surface area contributed by atoms with Crippen LogP contribution in [0.3, 0.4) is 0 Å². The van der Waals surface area contributed by atoms with Gasteiger partial charge in [0, 0.05) is 44.9 Å². The maximum atomic E-state index is 11.7. The van der Waals surface area contributed by atoms with Crippen LogP contribution in [0.1, 0.15) is 36.5 Å². The highest BCUT2D eigenvalue weighted by molar-refractivity contribution is 14.0. The van der Waals surface area contributed by atoms with Crippen LogP contribution in [0, 0.1) is 6.92 Å². The van der Waals surface area contributed by atoms with Gasteiger partial charge < -0.3 is 25.4 Å². The third kappa shape index (κ3) is 9.86. The number of anilines is 1. The highest BCUT2D eigenvalue weighted by Gasteiger charge is 2.07. The monoisotopic (exact) mass is 554 g/mol. The maximum Gasteiger partial charge on any atom is 0.224 e. The SMILES string of the molecule is CCCC(=O)Nc1ccc(CNC(=NC)NCc2ccc(C)cc2OCCOC)cc1.I. The lowest BCUT2D eigenvalue weighted by Gasteiger charge is -2.15. The predicted molar refractivity (Wildman–Crippen MR) is 141 cm³/mol. The molecule has 0 aliphatic rings. The van der Waals surface area contributed by atoms with Crippen molar-refractivity contribution in [1.29, 1.82) is 0 Å². The molecule has 0 saturated heterocycles. The Bertz CT molecular complexity index is 857. The lowest BCUT2D eigenvalue weighted by molar-refractivity contribution is -0.116. The first-order chi connectivity index (χ1) is 15.0. The largest absolute Gasteiger partial charge is 0.491 e. The quantitative estimate of drug-likeness (QED) is 0.168. The van der Waals surface area contributed by atoms with E-state index in [1.165, 1.54) is 0 Å². The van der Waals surface area contributed by atoms with Crippen molar-refractivity contribution < 1.29 is 14.3 Å². The lowest BCUT2D eigenvalue weighted by Crippen LogP contribution is -2.36. The lowest BCUT2D eigenvalue weighted by atomic mass is 10.1. The number of ether oxygens (including phenoxy) is 2. The van der Waals surface area contributed by atoms with Gasteiger partial charge in [-0.1, -0.05) is 31.2 Å². The maximum absolute atomic E-state index is 11.7. The van der Waals surface area contributed by atoms with E-state index in [4.69, 9.17) is 9.47 Å². The number of carbonyl (C=O) groups is 1. The zero-order valence-corrected chi connectivity index (χ0v) is 21.7. The number of hydrogen-bond donors (Lipinski definition) is 3. The van der Waals surface area contributed by atoms with E-state index >= 15 is 0 Å². The summed E-state index contributed by atoms with van der Waals surface area (Å²) < 4.78 is 10.9. The second-order valence-electron chi connectivity index (χ2n) is 7.23. The van der Waals surface area contributed by atoms with Gasteiger partial charge in [0.1, 0.15) is 12.4 Å². The first-order valence-corrected chi connectivity index (χ1v) is 10.6. The number of aliphatic imine (C=N–C) groups is 1. The van der Waals surface area contributed by atoms with Gasteiger partial charge in [0.25, 0.3) is 0 Å². The van der Waals surface area contributed by atoms with Gasteiger partial charge in [-0.2, -0.15) is 0 Å². The molecular weight excluding hydrogens is 519 g/mol. The van der Waals surface area contributed by atoms with E-state index in [1.807, 2.05) is 44.2 Å². The predicted octanol–water partition coefficient (Wildman–Crippen LogP) is 4.24. The summed E-state index contributed by atoms with van der Waals surface area (Å²) in [5.74, 6) is 1.59. The van der Waals surface area contributed by atoms with Crippen LogP contribution < -0.4 is 20.7 Å². The van der Waals surface area contributed by atoms with Crippen LogP contribution in [0.25, 0.3) is 0 Å². The molecule has 2 aromatic carbocycles. The van der Waals surface area contributed by atoms with Crippen molar-refractivity contribution in [1.82, 2.24) is 10.6 Å². The fourth-order valence-electron chi connectivity index (χ4n) is 2.92. The van der Waals surface area contributed by atoms with Gasteiger partial charge in [-0.15, -0.1) is 24.0 Å². The first kappa shape index (κ1) is 27.7. The van der Waals surface area contributed by atoms with Gasteiger partial charge in [-0.3, -0.25) is 9.79 Å². The van der Waals surface area contributed by atoms with Crippen molar-refractivity contribution in [2.75, 3.05) is 32.7 Å². The Hall–Kier alpha value is -2.33. The van der Waals surface area contributed by atoms with Crippen LogP contribution >= 0.6 is 24.0 Å². The van der Waals surface area contributed by atoms with Crippen LogP contribution in [0.15, 0.2) is 47.5 Å². The summed E-state index contributed by atoms with van der Waals surface area (Å²) in [7, 11) is 3.40. The number of rotatable bonds is 11. The van der Waals surface area contributed by atoms with E-state index in [0.717, 1.165) is 34.5 Å². The third-order valence-corrected chi connectivity index (χ3v) is 4.61. The molecule has 0 bridgehead atoms. The number of nitrogens with one attached hydrogen (secondary N) is 3.